The zero-order valence-electron chi connectivity index (χ0n) is 13.1. The molecule has 22 heavy (non-hydrogen) atoms. The van der Waals surface area contributed by atoms with Crippen molar-refractivity contribution in [2.75, 3.05) is 6.54 Å². The summed E-state index contributed by atoms with van der Waals surface area (Å²) in [6.45, 7) is 8.59. The van der Waals surface area contributed by atoms with Crippen LogP contribution in [0, 0.1) is 0 Å². The first kappa shape index (κ1) is 15.7. The molecule has 2 aromatic rings. The van der Waals surface area contributed by atoms with E-state index in [9.17, 15) is 4.79 Å². The molecule has 0 unspecified atom stereocenters. The van der Waals surface area contributed by atoms with Gasteiger partial charge in [0, 0.05) is 36.3 Å². The zero-order chi connectivity index (χ0) is 15.9. The van der Waals surface area contributed by atoms with Gasteiger partial charge >= 0.3 is 0 Å². The van der Waals surface area contributed by atoms with Crippen LogP contribution in [-0.2, 0) is 24.9 Å². The molecule has 0 saturated carbocycles. The van der Waals surface area contributed by atoms with E-state index in [2.05, 4.69) is 30.7 Å². The van der Waals surface area contributed by atoms with Gasteiger partial charge in [-0.3, -0.25) is 9.69 Å². The third-order valence-corrected chi connectivity index (χ3v) is 5.08. The minimum Gasteiger partial charge on any atom is -0.310 e. The highest BCUT2D eigenvalue weighted by molar-refractivity contribution is 7.16. The SMILES string of the molecule is CC(C)(C)c1nc2c(c(=O)[nH]1)CN(Cc1ccc(Cl)s1)CC2. The number of aromatic nitrogens is 2. The second-order valence-electron chi connectivity index (χ2n) is 6.76. The Morgan fingerprint density at radius 1 is 1.41 bits per heavy atom. The lowest BCUT2D eigenvalue weighted by atomic mass is 9.95. The van der Waals surface area contributed by atoms with Gasteiger partial charge in [0.25, 0.3) is 5.56 Å². The molecule has 3 rings (SSSR count). The van der Waals surface area contributed by atoms with Crippen LogP contribution in [0.25, 0.3) is 0 Å². The Balaban J connectivity index is 1.83. The molecule has 0 spiro atoms. The molecule has 3 heterocycles. The monoisotopic (exact) mass is 337 g/mol. The van der Waals surface area contributed by atoms with Crippen molar-refractivity contribution < 1.29 is 0 Å². The summed E-state index contributed by atoms with van der Waals surface area (Å²) in [5.41, 5.74) is 1.62. The number of thiophene rings is 1. The second-order valence-corrected chi connectivity index (χ2v) is 8.56. The Hall–Kier alpha value is -1.17. The molecule has 2 aromatic heterocycles. The van der Waals surface area contributed by atoms with Crippen molar-refractivity contribution in [2.45, 2.75) is 45.7 Å². The van der Waals surface area contributed by atoms with Gasteiger partial charge in [0.05, 0.1) is 15.6 Å². The minimum atomic E-state index is -0.140. The highest BCUT2D eigenvalue weighted by atomic mass is 35.5. The van der Waals surface area contributed by atoms with Gasteiger partial charge in [-0.2, -0.15) is 0 Å². The van der Waals surface area contributed by atoms with Crippen LogP contribution in [0.1, 0.15) is 42.7 Å². The van der Waals surface area contributed by atoms with E-state index in [1.807, 2.05) is 12.1 Å². The first-order valence-corrected chi connectivity index (χ1v) is 8.61. The van der Waals surface area contributed by atoms with Gasteiger partial charge in [0.2, 0.25) is 0 Å². The Labute approximate surface area is 139 Å². The topological polar surface area (TPSA) is 49.0 Å². The van der Waals surface area contributed by atoms with E-state index in [-0.39, 0.29) is 11.0 Å². The van der Waals surface area contributed by atoms with E-state index in [0.717, 1.165) is 40.9 Å². The van der Waals surface area contributed by atoms with Gasteiger partial charge in [-0.1, -0.05) is 32.4 Å². The van der Waals surface area contributed by atoms with E-state index < -0.39 is 0 Å². The molecule has 1 N–H and O–H groups in total. The smallest absolute Gasteiger partial charge is 0.255 e. The summed E-state index contributed by atoms with van der Waals surface area (Å²) in [7, 11) is 0. The lowest BCUT2D eigenvalue weighted by molar-refractivity contribution is 0.243. The second kappa shape index (κ2) is 5.80. The number of aromatic amines is 1. The van der Waals surface area contributed by atoms with E-state index >= 15 is 0 Å². The summed E-state index contributed by atoms with van der Waals surface area (Å²) in [4.78, 5) is 23.5. The molecule has 4 nitrogen and oxygen atoms in total. The summed E-state index contributed by atoms with van der Waals surface area (Å²) in [6.07, 6.45) is 0.821. The average molecular weight is 338 g/mol. The number of nitrogens with zero attached hydrogens (tertiary/aromatic N) is 2. The summed E-state index contributed by atoms with van der Waals surface area (Å²) >= 11 is 7.57. The van der Waals surface area contributed by atoms with Crippen molar-refractivity contribution >= 4 is 22.9 Å². The number of nitrogens with one attached hydrogen (secondary N) is 1. The fourth-order valence-electron chi connectivity index (χ4n) is 2.63. The fourth-order valence-corrected chi connectivity index (χ4v) is 3.76. The summed E-state index contributed by atoms with van der Waals surface area (Å²) in [6, 6.07) is 3.97. The first-order chi connectivity index (χ1) is 10.3. The highest BCUT2D eigenvalue weighted by Gasteiger charge is 2.24. The molecule has 0 atom stereocenters. The van der Waals surface area contributed by atoms with Crippen molar-refractivity contribution in [3.8, 4) is 0 Å². The van der Waals surface area contributed by atoms with Crippen LogP contribution in [0.4, 0.5) is 0 Å². The van der Waals surface area contributed by atoms with Crippen molar-refractivity contribution in [2.24, 2.45) is 0 Å². The Bertz CT molecular complexity index is 745. The number of hydrogen-bond acceptors (Lipinski definition) is 4. The summed E-state index contributed by atoms with van der Waals surface area (Å²) in [5, 5.41) is 0. The largest absolute Gasteiger partial charge is 0.310 e. The number of H-pyrrole nitrogens is 1. The normalized spacial score (nSPS) is 15.8. The molecular formula is C16H20ClN3OS. The quantitative estimate of drug-likeness (QED) is 0.914. The molecular weight excluding hydrogens is 318 g/mol. The molecule has 1 aliphatic heterocycles. The molecule has 6 heteroatoms. The number of fused-ring (bicyclic) bond motifs is 1. The lowest BCUT2D eigenvalue weighted by Crippen LogP contribution is -2.36. The van der Waals surface area contributed by atoms with Crippen LogP contribution in [0.3, 0.4) is 0 Å². The number of halogens is 1. The van der Waals surface area contributed by atoms with Crippen molar-refractivity contribution in [1.29, 1.82) is 0 Å². The number of hydrogen-bond donors (Lipinski definition) is 1. The van der Waals surface area contributed by atoms with Gasteiger partial charge in [0.1, 0.15) is 5.82 Å². The van der Waals surface area contributed by atoms with Crippen LogP contribution in [-0.4, -0.2) is 21.4 Å². The van der Waals surface area contributed by atoms with Crippen LogP contribution >= 0.6 is 22.9 Å². The van der Waals surface area contributed by atoms with Crippen molar-refractivity contribution in [1.82, 2.24) is 14.9 Å². The molecule has 0 amide bonds. The summed E-state index contributed by atoms with van der Waals surface area (Å²) in [5.74, 6) is 0.773. The van der Waals surface area contributed by atoms with Crippen LogP contribution in [0.5, 0.6) is 0 Å². The van der Waals surface area contributed by atoms with E-state index in [1.54, 1.807) is 11.3 Å². The number of rotatable bonds is 2. The lowest BCUT2D eigenvalue weighted by Gasteiger charge is -2.28. The van der Waals surface area contributed by atoms with Gasteiger partial charge in [-0.15, -0.1) is 11.3 Å². The predicted molar refractivity (Wildman–Crippen MR) is 90.7 cm³/mol. The average Bonchev–Trinajstić information content (AvgIpc) is 2.83. The van der Waals surface area contributed by atoms with Crippen molar-refractivity contribution in [3.63, 3.8) is 0 Å². The fraction of sp³-hybridized carbons (Fsp3) is 0.500. The molecule has 1 aliphatic rings. The third kappa shape index (κ3) is 3.26. The molecule has 0 radical (unpaired) electrons. The van der Waals surface area contributed by atoms with Crippen LogP contribution in [0.2, 0.25) is 4.34 Å². The molecule has 0 saturated heterocycles. The molecule has 118 valence electrons. The Morgan fingerprint density at radius 2 is 2.18 bits per heavy atom. The van der Waals surface area contributed by atoms with E-state index in [4.69, 9.17) is 16.6 Å². The van der Waals surface area contributed by atoms with Crippen molar-refractivity contribution in [3.05, 3.63) is 48.8 Å². The minimum absolute atomic E-state index is 0.00355. The molecule has 0 aliphatic carbocycles. The van der Waals surface area contributed by atoms with Crippen LogP contribution < -0.4 is 5.56 Å². The van der Waals surface area contributed by atoms with Gasteiger partial charge in [-0.05, 0) is 12.1 Å². The van der Waals surface area contributed by atoms with Gasteiger partial charge < -0.3 is 4.98 Å². The zero-order valence-corrected chi connectivity index (χ0v) is 14.6. The van der Waals surface area contributed by atoms with Crippen LogP contribution in [0.15, 0.2) is 16.9 Å². The highest BCUT2D eigenvalue weighted by Crippen LogP contribution is 2.25. The molecule has 0 fully saturated rings. The van der Waals surface area contributed by atoms with Gasteiger partial charge in [0.15, 0.2) is 0 Å². The summed E-state index contributed by atoms with van der Waals surface area (Å²) < 4.78 is 0.807. The maximum Gasteiger partial charge on any atom is 0.255 e. The third-order valence-electron chi connectivity index (χ3n) is 3.87. The standard InChI is InChI=1S/C16H20ClN3OS/c1-16(2,3)15-18-12-6-7-20(9-11(12)14(21)19-15)8-10-4-5-13(17)22-10/h4-5H,6-9H2,1-3H3,(H,18,19,21). The maximum absolute atomic E-state index is 12.4. The maximum atomic E-state index is 12.4. The predicted octanol–water partition coefficient (Wildman–Crippen LogP) is 3.34. The Morgan fingerprint density at radius 3 is 2.82 bits per heavy atom. The molecule has 0 aromatic carbocycles. The first-order valence-electron chi connectivity index (χ1n) is 7.42. The Kier molecular flexibility index (Phi) is 4.14. The van der Waals surface area contributed by atoms with E-state index in [1.165, 1.54) is 4.88 Å². The van der Waals surface area contributed by atoms with Gasteiger partial charge in [-0.25, -0.2) is 4.98 Å². The van der Waals surface area contributed by atoms with E-state index in [0.29, 0.717) is 6.54 Å². The molecule has 0 bridgehead atoms.